The van der Waals surface area contributed by atoms with E-state index in [1.165, 1.54) is 0 Å². The molecule has 2 heterocycles. The maximum atomic E-state index is 12.9. The monoisotopic (exact) mass is 283 g/mol. The van der Waals surface area contributed by atoms with Crippen LogP contribution in [0.4, 0.5) is 0 Å². The Labute approximate surface area is 119 Å². The number of hydrogen-bond donors (Lipinski definition) is 0. The molecule has 0 unspecified atom stereocenters. The molecule has 2 rings (SSSR count). The van der Waals surface area contributed by atoms with Crippen LogP contribution in [-0.2, 0) is 0 Å². The van der Waals surface area contributed by atoms with E-state index in [0.717, 1.165) is 25.9 Å². The number of likely N-dealkylation sites (tertiary alicyclic amines) is 1. The summed E-state index contributed by atoms with van der Waals surface area (Å²) in [5.74, 6) is 0.0607. The molecule has 0 radical (unpaired) electrons. The zero-order valence-electron chi connectivity index (χ0n) is 12.1. The summed E-state index contributed by atoms with van der Waals surface area (Å²) in [4.78, 5) is 15.1. The first-order valence-electron chi connectivity index (χ1n) is 6.88. The van der Waals surface area contributed by atoms with Crippen molar-refractivity contribution < 1.29 is 4.79 Å². The first kappa shape index (κ1) is 14.5. The van der Waals surface area contributed by atoms with Gasteiger partial charge in [0.15, 0.2) is 0 Å². The minimum absolute atomic E-state index is 0.0607. The van der Waals surface area contributed by atoms with Crippen molar-refractivity contribution in [1.82, 2.24) is 14.7 Å². The third-order valence-corrected chi connectivity index (χ3v) is 4.18. The molecule has 0 N–H and O–H groups in total. The van der Waals surface area contributed by atoms with Crippen LogP contribution in [0.5, 0.6) is 0 Å². The summed E-state index contributed by atoms with van der Waals surface area (Å²) in [6.45, 7) is 9.92. The van der Waals surface area contributed by atoms with E-state index in [-0.39, 0.29) is 11.8 Å². The SMILES string of the molecule is CC(C)n1ncc(Cl)c1C(=O)C(C)(C)N1CCCC1. The highest BCUT2D eigenvalue weighted by Crippen LogP contribution is 2.29. The van der Waals surface area contributed by atoms with E-state index in [2.05, 4.69) is 10.00 Å². The topological polar surface area (TPSA) is 38.1 Å². The van der Waals surface area contributed by atoms with E-state index in [1.807, 2.05) is 27.7 Å². The van der Waals surface area contributed by atoms with Gasteiger partial charge in [0.2, 0.25) is 5.78 Å². The first-order chi connectivity index (χ1) is 8.85. The van der Waals surface area contributed by atoms with Crippen molar-refractivity contribution in [1.29, 1.82) is 0 Å². The molecule has 0 saturated carbocycles. The molecule has 1 saturated heterocycles. The highest BCUT2D eigenvalue weighted by molar-refractivity contribution is 6.34. The minimum Gasteiger partial charge on any atom is -0.291 e. The standard InChI is InChI=1S/C14H22ClN3O/c1-10(2)18-12(11(15)9-16-18)13(19)14(3,4)17-7-5-6-8-17/h9-10H,5-8H2,1-4H3. The van der Waals surface area contributed by atoms with Crippen LogP contribution in [0.2, 0.25) is 5.02 Å². The van der Waals surface area contributed by atoms with Gasteiger partial charge in [0.05, 0.1) is 16.8 Å². The van der Waals surface area contributed by atoms with Crippen molar-refractivity contribution >= 4 is 17.4 Å². The first-order valence-corrected chi connectivity index (χ1v) is 7.26. The fourth-order valence-corrected chi connectivity index (χ4v) is 2.87. The van der Waals surface area contributed by atoms with E-state index in [4.69, 9.17) is 11.6 Å². The molecule has 19 heavy (non-hydrogen) atoms. The number of Topliss-reactive ketones (excluding diaryl/α,β-unsaturated/α-hetero) is 1. The highest BCUT2D eigenvalue weighted by atomic mass is 35.5. The Balaban J connectivity index is 2.35. The third-order valence-electron chi connectivity index (χ3n) is 3.91. The van der Waals surface area contributed by atoms with Crippen LogP contribution in [0.25, 0.3) is 0 Å². The van der Waals surface area contributed by atoms with Gasteiger partial charge in [0.1, 0.15) is 5.69 Å². The maximum Gasteiger partial charge on any atom is 0.202 e. The van der Waals surface area contributed by atoms with Gasteiger partial charge < -0.3 is 0 Å². The molecule has 0 amide bonds. The van der Waals surface area contributed by atoms with Gasteiger partial charge in [-0.1, -0.05) is 11.6 Å². The van der Waals surface area contributed by atoms with E-state index in [1.54, 1.807) is 10.9 Å². The minimum atomic E-state index is -0.521. The van der Waals surface area contributed by atoms with Gasteiger partial charge in [-0.25, -0.2) is 0 Å². The van der Waals surface area contributed by atoms with Gasteiger partial charge in [-0.15, -0.1) is 0 Å². The lowest BCUT2D eigenvalue weighted by Crippen LogP contribution is -2.49. The third kappa shape index (κ3) is 2.56. The number of carbonyl (C=O) groups is 1. The van der Waals surface area contributed by atoms with Crippen LogP contribution >= 0.6 is 11.6 Å². The normalized spacial score (nSPS) is 17.4. The van der Waals surface area contributed by atoms with Gasteiger partial charge >= 0.3 is 0 Å². The second kappa shape index (κ2) is 5.25. The largest absolute Gasteiger partial charge is 0.291 e. The second-order valence-electron chi connectivity index (χ2n) is 5.96. The average Bonchev–Trinajstić information content (AvgIpc) is 2.96. The Morgan fingerprint density at radius 1 is 1.37 bits per heavy atom. The van der Waals surface area contributed by atoms with Crippen molar-refractivity contribution in [2.24, 2.45) is 0 Å². The van der Waals surface area contributed by atoms with E-state index < -0.39 is 5.54 Å². The van der Waals surface area contributed by atoms with Crippen molar-refractivity contribution in [3.63, 3.8) is 0 Å². The Morgan fingerprint density at radius 3 is 2.47 bits per heavy atom. The van der Waals surface area contributed by atoms with Crippen LogP contribution in [0.1, 0.15) is 57.1 Å². The number of rotatable bonds is 4. The lowest BCUT2D eigenvalue weighted by Gasteiger charge is -2.34. The molecule has 0 atom stereocenters. The molecule has 5 heteroatoms. The average molecular weight is 284 g/mol. The van der Waals surface area contributed by atoms with Crippen LogP contribution < -0.4 is 0 Å². The number of ketones is 1. The van der Waals surface area contributed by atoms with Crippen molar-refractivity contribution in [3.8, 4) is 0 Å². The molecule has 1 aromatic rings. The highest BCUT2D eigenvalue weighted by Gasteiger charge is 2.39. The Bertz CT molecular complexity index is 473. The summed E-state index contributed by atoms with van der Waals surface area (Å²) in [7, 11) is 0. The molecular formula is C14H22ClN3O. The van der Waals surface area contributed by atoms with Gasteiger partial charge in [-0.2, -0.15) is 5.10 Å². The molecule has 1 fully saturated rings. The number of hydrogen-bond acceptors (Lipinski definition) is 3. The summed E-state index contributed by atoms with van der Waals surface area (Å²) >= 11 is 6.17. The molecular weight excluding hydrogens is 262 g/mol. The number of aromatic nitrogens is 2. The molecule has 0 spiro atoms. The Kier molecular flexibility index (Phi) is 4.02. The molecule has 106 valence electrons. The summed E-state index contributed by atoms with van der Waals surface area (Å²) < 4.78 is 1.72. The molecule has 1 aliphatic heterocycles. The fraction of sp³-hybridized carbons (Fsp3) is 0.714. The van der Waals surface area contributed by atoms with Gasteiger partial charge in [0.25, 0.3) is 0 Å². The fourth-order valence-electron chi connectivity index (χ4n) is 2.65. The lowest BCUT2D eigenvalue weighted by molar-refractivity contribution is 0.0689. The summed E-state index contributed by atoms with van der Waals surface area (Å²) in [6.07, 6.45) is 3.89. The van der Waals surface area contributed by atoms with E-state index >= 15 is 0 Å². The molecule has 0 aromatic carbocycles. The Morgan fingerprint density at radius 2 is 1.95 bits per heavy atom. The van der Waals surface area contributed by atoms with Gasteiger partial charge in [-0.3, -0.25) is 14.4 Å². The van der Waals surface area contributed by atoms with Crippen LogP contribution in [0.15, 0.2) is 6.20 Å². The van der Waals surface area contributed by atoms with Crippen molar-refractivity contribution in [2.75, 3.05) is 13.1 Å². The quantitative estimate of drug-likeness (QED) is 0.797. The van der Waals surface area contributed by atoms with Crippen molar-refractivity contribution in [2.45, 2.75) is 52.1 Å². The van der Waals surface area contributed by atoms with Gasteiger partial charge in [0, 0.05) is 6.04 Å². The smallest absolute Gasteiger partial charge is 0.202 e. The van der Waals surface area contributed by atoms with Crippen LogP contribution in [0, 0.1) is 0 Å². The summed E-state index contributed by atoms with van der Waals surface area (Å²) in [6, 6.07) is 0.126. The number of halogens is 1. The van der Waals surface area contributed by atoms with Crippen LogP contribution in [0.3, 0.4) is 0 Å². The molecule has 0 aliphatic carbocycles. The van der Waals surface area contributed by atoms with E-state index in [0.29, 0.717) is 10.7 Å². The van der Waals surface area contributed by atoms with Gasteiger partial charge in [-0.05, 0) is 53.6 Å². The number of carbonyl (C=O) groups excluding carboxylic acids is 1. The predicted molar refractivity (Wildman–Crippen MR) is 76.8 cm³/mol. The maximum absolute atomic E-state index is 12.9. The lowest BCUT2D eigenvalue weighted by atomic mass is 9.94. The molecule has 4 nitrogen and oxygen atoms in total. The zero-order chi connectivity index (χ0) is 14.2. The molecule has 1 aliphatic rings. The predicted octanol–water partition coefficient (Wildman–Crippen LogP) is 3.17. The second-order valence-corrected chi connectivity index (χ2v) is 6.37. The summed E-state index contributed by atoms with van der Waals surface area (Å²) in [5, 5.41) is 4.67. The summed E-state index contributed by atoms with van der Waals surface area (Å²) in [5.41, 5.74) is 0.0147. The van der Waals surface area contributed by atoms with Crippen molar-refractivity contribution in [3.05, 3.63) is 16.9 Å². The molecule has 0 bridgehead atoms. The van der Waals surface area contributed by atoms with Crippen LogP contribution in [-0.4, -0.2) is 39.1 Å². The Hall–Kier alpha value is -0.870. The van der Waals surface area contributed by atoms with E-state index in [9.17, 15) is 4.79 Å². The zero-order valence-corrected chi connectivity index (χ0v) is 12.9. The number of nitrogens with zero attached hydrogens (tertiary/aromatic N) is 3. The molecule has 1 aromatic heterocycles.